The highest BCUT2D eigenvalue weighted by Gasteiger charge is 2.45. The molecule has 3 aromatic heterocycles. The minimum Gasteiger partial charge on any atom is -0.375 e. The highest BCUT2D eigenvalue weighted by molar-refractivity contribution is 5.58. The quantitative estimate of drug-likeness (QED) is 0.519. The van der Waals surface area contributed by atoms with Gasteiger partial charge in [-0.25, -0.2) is 9.07 Å². The smallest absolute Gasteiger partial charge is 0.152 e. The van der Waals surface area contributed by atoms with Crippen molar-refractivity contribution in [1.29, 1.82) is 0 Å². The Labute approximate surface area is 210 Å². The molecule has 2 saturated heterocycles. The third-order valence-corrected chi connectivity index (χ3v) is 8.23. The van der Waals surface area contributed by atoms with Crippen LogP contribution in [-0.4, -0.2) is 69.5 Å². The van der Waals surface area contributed by atoms with Crippen LogP contribution < -0.4 is 10.2 Å². The maximum Gasteiger partial charge on any atom is 0.152 e. The van der Waals surface area contributed by atoms with Crippen LogP contribution in [0.25, 0.3) is 11.3 Å². The van der Waals surface area contributed by atoms with Gasteiger partial charge in [-0.3, -0.25) is 9.97 Å². The average molecular weight is 490 g/mol. The van der Waals surface area contributed by atoms with E-state index >= 15 is 0 Å². The van der Waals surface area contributed by atoms with Crippen molar-refractivity contribution < 1.29 is 9.13 Å². The number of hydrogen-bond donors (Lipinski definition) is 1. The summed E-state index contributed by atoms with van der Waals surface area (Å²) < 4.78 is 21.6. The molecule has 9 heteroatoms. The molecule has 2 aliphatic carbocycles. The van der Waals surface area contributed by atoms with E-state index in [1.807, 2.05) is 29.5 Å². The fraction of sp³-hybridized carbons (Fsp3) is 0.556. The summed E-state index contributed by atoms with van der Waals surface area (Å²) in [4.78, 5) is 11.7. The average Bonchev–Trinajstić information content (AvgIpc) is 3.82. The lowest BCUT2D eigenvalue weighted by molar-refractivity contribution is -0.0851. The molecule has 5 heterocycles. The topological polar surface area (TPSA) is 81.0 Å². The summed E-state index contributed by atoms with van der Waals surface area (Å²) in [6.07, 6.45) is 13.8. The summed E-state index contributed by atoms with van der Waals surface area (Å²) >= 11 is 0. The maximum atomic E-state index is 14.0. The molecule has 4 fully saturated rings. The molecule has 36 heavy (non-hydrogen) atoms. The van der Waals surface area contributed by atoms with Gasteiger partial charge in [0.15, 0.2) is 5.54 Å². The summed E-state index contributed by atoms with van der Waals surface area (Å²) in [5.41, 5.74) is 3.73. The van der Waals surface area contributed by atoms with Crippen molar-refractivity contribution in [3.8, 4) is 11.3 Å². The normalized spacial score (nSPS) is 24.4. The molecule has 2 saturated carbocycles. The van der Waals surface area contributed by atoms with Crippen molar-refractivity contribution in [1.82, 2.24) is 30.3 Å². The maximum absolute atomic E-state index is 14.0. The van der Waals surface area contributed by atoms with Gasteiger partial charge in [-0.1, -0.05) is 5.21 Å². The van der Waals surface area contributed by atoms with E-state index in [0.717, 1.165) is 48.6 Å². The van der Waals surface area contributed by atoms with Gasteiger partial charge in [-0.15, -0.1) is 5.10 Å². The minimum absolute atomic E-state index is 0.319. The van der Waals surface area contributed by atoms with Crippen LogP contribution in [0.4, 0.5) is 10.1 Å². The zero-order valence-electron chi connectivity index (χ0n) is 20.4. The Morgan fingerprint density at radius 1 is 1.11 bits per heavy atom. The van der Waals surface area contributed by atoms with Crippen molar-refractivity contribution >= 4 is 5.69 Å². The molecule has 8 nitrogen and oxygen atoms in total. The standard InChI is InChI=1S/C27H32FN7O/c28-26(7-8-26)16-31-22-2-1-9-34(14-22)23-5-6-25(30-13-23)27(17-36-18-27)35-15-24(32-33-35)21-10-20(11-29-12-21)19-3-4-19/h5-6,10-13,15,19,22,31H,1-4,7-9,14,16-18H2/t22-/m1/s1. The van der Waals surface area contributed by atoms with Crippen LogP contribution in [0.2, 0.25) is 0 Å². The molecule has 4 aliphatic rings. The van der Waals surface area contributed by atoms with Gasteiger partial charge in [0.05, 0.1) is 37.0 Å². The van der Waals surface area contributed by atoms with Crippen LogP contribution in [0.1, 0.15) is 55.7 Å². The van der Waals surface area contributed by atoms with E-state index in [9.17, 15) is 4.39 Å². The number of anilines is 1. The zero-order valence-corrected chi connectivity index (χ0v) is 20.4. The van der Waals surface area contributed by atoms with Crippen LogP contribution >= 0.6 is 0 Å². The number of piperidine rings is 1. The molecule has 3 aromatic rings. The Hall–Kier alpha value is -2.91. The highest BCUT2D eigenvalue weighted by atomic mass is 19.1. The highest BCUT2D eigenvalue weighted by Crippen LogP contribution is 2.41. The summed E-state index contributed by atoms with van der Waals surface area (Å²) in [6.45, 7) is 3.39. The van der Waals surface area contributed by atoms with Crippen molar-refractivity contribution in [2.75, 3.05) is 37.7 Å². The van der Waals surface area contributed by atoms with Crippen LogP contribution in [0.5, 0.6) is 0 Å². The molecular weight excluding hydrogens is 457 g/mol. The number of nitrogens with zero attached hydrogens (tertiary/aromatic N) is 6. The number of nitrogens with one attached hydrogen (secondary N) is 1. The first-order valence-electron chi connectivity index (χ1n) is 13.2. The lowest BCUT2D eigenvalue weighted by Crippen LogP contribution is -2.53. The first-order valence-corrected chi connectivity index (χ1v) is 13.2. The van der Waals surface area contributed by atoms with Crippen LogP contribution in [0, 0.1) is 0 Å². The second-order valence-corrected chi connectivity index (χ2v) is 11.1. The van der Waals surface area contributed by atoms with Crippen molar-refractivity contribution in [2.45, 2.75) is 61.7 Å². The van der Waals surface area contributed by atoms with E-state index in [0.29, 0.717) is 44.6 Å². The third kappa shape index (κ3) is 4.18. The van der Waals surface area contributed by atoms with Gasteiger partial charge in [-0.05, 0) is 68.2 Å². The number of aromatic nitrogens is 5. The molecule has 2 aliphatic heterocycles. The van der Waals surface area contributed by atoms with Gasteiger partial charge in [0, 0.05) is 43.6 Å². The SMILES string of the molecule is FC1(CN[C@@H]2CCCN(c3ccc(C4(n5cc(-c6cncc(C7CC7)c6)nn5)COC4)nc3)C2)CC1. The molecule has 188 valence electrons. The molecule has 0 bridgehead atoms. The molecule has 0 radical (unpaired) electrons. The van der Waals surface area contributed by atoms with Crippen LogP contribution in [0.15, 0.2) is 43.0 Å². The van der Waals surface area contributed by atoms with E-state index < -0.39 is 11.2 Å². The largest absolute Gasteiger partial charge is 0.375 e. The lowest BCUT2D eigenvalue weighted by atomic mass is 9.92. The second kappa shape index (κ2) is 8.59. The number of ether oxygens (including phenoxy) is 1. The van der Waals surface area contributed by atoms with Gasteiger partial charge in [0.25, 0.3) is 0 Å². The number of alkyl halides is 1. The number of hydrogen-bond acceptors (Lipinski definition) is 7. The Bertz CT molecular complexity index is 1230. The third-order valence-electron chi connectivity index (χ3n) is 8.23. The minimum atomic E-state index is -0.956. The molecule has 0 unspecified atom stereocenters. The van der Waals surface area contributed by atoms with E-state index in [4.69, 9.17) is 9.72 Å². The molecule has 1 atom stereocenters. The molecule has 0 amide bonds. The zero-order chi connectivity index (χ0) is 24.2. The summed E-state index contributed by atoms with van der Waals surface area (Å²) in [5, 5.41) is 12.4. The van der Waals surface area contributed by atoms with Crippen molar-refractivity contribution in [3.63, 3.8) is 0 Å². The summed E-state index contributed by atoms with van der Waals surface area (Å²) in [7, 11) is 0. The molecule has 1 N–H and O–H groups in total. The van der Waals surface area contributed by atoms with E-state index in [2.05, 4.69) is 43.7 Å². The molecule has 0 spiro atoms. The fourth-order valence-electron chi connectivity index (χ4n) is 5.40. The van der Waals surface area contributed by atoms with Gasteiger partial charge in [0.1, 0.15) is 11.4 Å². The molecule has 0 aromatic carbocycles. The molecule has 7 rings (SSSR count). The molecular formula is C27H32FN7O. The van der Waals surface area contributed by atoms with Crippen molar-refractivity contribution in [3.05, 3.63) is 54.2 Å². The van der Waals surface area contributed by atoms with E-state index in [-0.39, 0.29) is 0 Å². The Morgan fingerprint density at radius 2 is 2.00 bits per heavy atom. The number of pyridine rings is 2. The van der Waals surface area contributed by atoms with Gasteiger partial charge >= 0.3 is 0 Å². The van der Waals surface area contributed by atoms with Gasteiger partial charge in [-0.2, -0.15) is 0 Å². The van der Waals surface area contributed by atoms with E-state index in [1.165, 1.54) is 18.4 Å². The van der Waals surface area contributed by atoms with Crippen molar-refractivity contribution in [2.24, 2.45) is 0 Å². The summed E-state index contributed by atoms with van der Waals surface area (Å²) in [6, 6.07) is 6.74. The summed E-state index contributed by atoms with van der Waals surface area (Å²) in [5.74, 6) is 0.645. The fourth-order valence-corrected chi connectivity index (χ4v) is 5.40. The first kappa shape index (κ1) is 22.3. The van der Waals surface area contributed by atoms with Gasteiger partial charge < -0.3 is 15.0 Å². The van der Waals surface area contributed by atoms with E-state index in [1.54, 1.807) is 0 Å². The lowest BCUT2D eigenvalue weighted by Gasteiger charge is -2.40. The van der Waals surface area contributed by atoms with Crippen LogP contribution in [-0.2, 0) is 10.3 Å². The first-order chi connectivity index (χ1) is 17.6. The number of halogens is 1. The predicted molar refractivity (Wildman–Crippen MR) is 134 cm³/mol. The van der Waals surface area contributed by atoms with Crippen LogP contribution in [0.3, 0.4) is 0 Å². The Kier molecular flexibility index (Phi) is 5.32. The second-order valence-electron chi connectivity index (χ2n) is 11.1. The Morgan fingerprint density at radius 3 is 2.72 bits per heavy atom. The Balaban J connectivity index is 1.07. The number of rotatable bonds is 8. The van der Waals surface area contributed by atoms with Gasteiger partial charge in [0.2, 0.25) is 0 Å². The monoisotopic (exact) mass is 489 g/mol. The predicted octanol–water partition coefficient (Wildman–Crippen LogP) is 3.45.